The molecule has 0 atom stereocenters. The molecule has 1 amide bonds. The van der Waals surface area contributed by atoms with Crippen LogP contribution >= 0.6 is 0 Å². The molecule has 1 aromatic heterocycles. The van der Waals surface area contributed by atoms with E-state index in [1.54, 1.807) is 0 Å². The number of aromatic amines is 1. The van der Waals surface area contributed by atoms with Crippen molar-refractivity contribution in [3.8, 4) is 11.1 Å². The Bertz CT molecular complexity index is 1170. The zero-order valence-electron chi connectivity index (χ0n) is 16.3. The number of aryl methyl sites for hydroxylation is 1. The van der Waals surface area contributed by atoms with Gasteiger partial charge in [0.15, 0.2) is 0 Å². The summed E-state index contributed by atoms with van der Waals surface area (Å²) < 4.78 is 0. The Morgan fingerprint density at radius 2 is 2.03 bits per heavy atom. The third kappa shape index (κ3) is 4.42. The first-order valence-electron chi connectivity index (χ1n) is 8.93. The first kappa shape index (κ1) is 22.7. The van der Waals surface area contributed by atoms with Gasteiger partial charge >= 0.3 is 58.2 Å². The van der Waals surface area contributed by atoms with Crippen LogP contribution in [0.5, 0.6) is 0 Å². The maximum Gasteiger partial charge on any atom is 1.00 e. The van der Waals surface area contributed by atoms with Crippen molar-refractivity contribution >= 4 is 16.8 Å². The fourth-order valence-electron chi connectivity index (χ4n) is 3.68. The number of H-pyrrole nitrogens is 1. The third-order valence-corrected chi connectivity index (χ3v) is 5.13. The Morgan fingerprint density at radius 3 is 2.79 bits per heavy atom. The van der Waals surface area contributed by atoms with Gasteiger partial charge in [-0.25, -0.2) is 0 Å². The summed E-state index contributed by atoms with van der Waals surface area (Å²) in [5.41, 5.74) is 7.04. The summed E-state index contributed by atoms with van der Waals surface area (Å²) in [5.74, 6) is 0.0942. The van der Waals surface area contributed by atoms with Gasteiger partial charge in [0.05, 0.1) is 0 Å². The van der Waals surface area contributed by atoms with E-state index in [9.17, 15) is 4.79 Å². The molecule has 1 radical (unpaired) electrons. The van der Waals surface area contributed by atoms with Crippen molar-refractivity contribution in [3.63, 3.8) is 0 Å². The molecule has 0 fully saturated rings. The summed E-state index contributed by atoms with van der Waals surface area (Å²) in [6, 6.07) is 22.7. The van der Waals surface area contributed by atoms with Gasteiger partial charge in [-0.2, -0.15) is 34.9 Å². The van der Waals surface area contributed by atoms with Crippen LogP contribution in [0.2, 0.25) is 0 Å². The standard InChI is InChI=1S/C23H17N3O.Rb.Re/c1-15-10-19(11-22-21(15)12-24-25-22)17-8-6-16(7-9-17)13-26-14-18-4-2-3-5-20(18)23(26)27;;/h2-6,8-9,11-12H,13-14H2,1H3,(H,24,25);;/q-2;+1;. The maximum absolute atomic E-state index is 12.5. The molecule has 4 nitrogen and oxygen atoms in total. The topological polar surface area (TPSA) is 49.0 Å². The summed E-state index contributed by atoms with van der Waals surface area (Å²) in [5, 5.41) is 8.21. The minimum atomic E-state index is 0. The van der Waals surface area contributed by atoms with E-state index in [0.29, 0.717) is 13.1 Å². The van der Waals surface area contributed by atoms with E-state index in [1.807, 2.05) is 54.4 Å². The second-order valence-electron chi connectivity index (χ2n) is 6.93. The first-order chi connectivity index (χ1) is 13.2. The number of hydrogen-bond acceptors (Lipinski definition) is 2. The number of rotatable bonds is 3. The molecule has 6 heteroatoms. The summed E-state index contributed by atoms with van der Waals surface area (Å²) in [4.78, 5) is 14.4. The second-order valence-corrected chi connectivity index (χ2v) is 6.93. The van der Waals surface area contributed by atoms with Gasteiger partial charge in [-0.05, 0) is 17.1 Å². The largest absolute Gasteiger partial charge is 1.00 e. The average molecular weight is 623 g/mol. The van der Waals surface area contributed by atoms with Gasteiger partial charge in [-0.3, -0.25) is 9.89 Å². The summed E-state index contributed by atoms with van der Waals surface area (Å²) in [7, 11) is 0. The van der Waals surface area contributed by atoms with Crippen LogP contribution in [-0.4, -0.2) is 21.0 Å². The molecule has 4 aromatic rings. The molecule has 0 saturated heterocycles. The Kier molecular flexibility index (Phi) is 7.43. The molecule has 0 bridgehead atoms. The van der Waals surface area contributed by atoms with E-state index in [1.165, 1.54) is 0 Å². The Labute approximate surface area is 232 Å². The fourth-order valence-corrected chi connectivity index (χ4v) is 3.68. The molecule has 139 valence electrons. The van der Waals surface area contributed by atoms with Crippen LogP contribution < -0.4 is 58.2 Å². The third-order valence-electron chi connectivity index (χ3n) is 5.13. The molecule has 1 aliphatic heterocycles. The number of carbonyl (C=O) groups is 1. The van der Waals surface area contributed by atoms with Crippen molar-refractivity contribution in [1.29, 1.82) is 0 Å². The number of benzene rings is 3. The van der Waals surface area contributed by atoms with Crippen molar-refractivity contribution in [2.45, 2.75) is 20.0 Å². The van der Waals surface area contributed by atoms with Gasteiger partial charge < -0.3 is 4.90 Å². The molecule has 1 N–H and O–H groups in total. The normalized spacial score (nSPS) is 12.4. The summed E-state index contributed by atoms with van der Waals surface area (Å²) in [6.07, 6.45) is 1.82. The molecule has 5 rings (SSSR count). The van der Waals surface area contributed by atoms with Gasteiger partial charge in [-0.1, -0.05) is 30.5 Å². The van der Waals surface area contributed by atoms with E-state index in [4.69, 9.17) is 0 Å². The van der Waals surface area contributed by atoms with E-state index in [0.717, 1.165) is 44.3 Å². The van der Waals surface area contributed by atoms with E-state index >= 15 is 0 Å². The zero-order valence-corrected chi connectivity index (χ0v) is 23.9. The van der Waals surface area contributed by atoms with Crippen LogP contribution in [0.4, 0.5) is 0 Å². The van der Waals surface area contributed by atoms with Gasteiger partial charge in [0, 0.05) is 45.3 Å². The van der Waals surface area contributed by atoms with Crippen LogP contribution in [0.15, 0.2) is 54.7 Å². The van der Waals surface area contributed by atoms with Crippen molar-refractivity contribution < 1.29 is 83.4 Å². The number of amides is 1. The number of fused-ring (bicyclic) bond motifs is 2. The summed E-state index contributed by atoms with van der Waals surface area (Å²) >= 11 is 0. The monoisotopic (exact) mass is 623 g/mol. The number of aromatic nitrogens is 2. The number of carbonyl (C=O) groups excluding carboxylic acids is 1. The number of nitrogens with zero attached hydrogens (tertiary/aromatic N) is 2. The van der Waals surface area contributed by atoms with E-state index in [2.05, 4.69) is 34.5 Å². The Balaban J connectivity index is 0.00000120. The van der Waals surface area contributed by atoms with E-state index < -0.39 is 0 Å². The second kappa shape index (κ2) is 9.47. The average Bonchev–Trinajstić information content (AvgIpc) is 3.28. The predicted molar refractivity (Wildman–Crippen MR) is 104 cm³/mol. The molecule has 1 aliphatic rings. The van der Waals surface area contributed by atoms with Crippen LogP contribution in [0.3, 0.4) is 0 Å². The van der Waals surface area contributed by atoms with Gasteiger partial charge in [0.2, 0.25) is 0 Å². The molecular formula is C23H17N3ORbRe-. The van der Waals surface area contributed by atoms with Crippen molar-refractivity contribution in [2.24, 2.45) is 0 Å². The quantitative estimate of drug-likeness (QED) is 0.351. The van der Waals surface area contributed by atoms with Crippen molar-refractivity contribution in [1.82, 2.24) is 15.1 Å². The maximum atomic E-state index is 12.5. The summed E-state index contributed by atoms with van der Waals surface area (Å²) in [6.45, 7) is 3.26. The van der Waals surface area contributed by atoms with Crippen LogP contribution in [0.1, 0.15) is 27.0 Å². The molecular weight excluding hydrogens is 606 g/mol. The molecule has 0 unspecified atom stereocenters. The fraction of sp³-hybridized carbons (Fsp3) is 0.130. The minimum absolute atomic E-state index is 0. The first-order valence-corrected chi connectivity index (χ1v) is 8.93. The molecule has 3 aromatic carbocycles. The Hall–Kier alpha value is -0.932. The smallest absolute Gasteiger partial charge is 0.332 e. The molecule has 29 heavy (non-hydrogen) atoms. The zero-order chi connectivity index (χ0) is 18.4. The number of hydrogen-bond donors (Lipinski definition) is 1. The van der Waals surface area contributed by atoms with Gasteiger partial charge in [0.1, 0.15) is 0 Å². The van der Waals surface area contributed by atoms with Crippen LogP contribution in [0, 0.1) is 19.1 Å². The minimum Gasteiger partial charge on any atom is -0.332 e. The molecule has 2 heterocycles. The molecule has 0 aliphatic carbocycles. The SMILES string of the molecule is Cc1[c-]c(-c2c[c-]c(CN3Cc4ccccc4C3=O)cc2)cc2[nH]ncc12.[Rb+].[Re]. The van der Waals surface area contributed by atoms with Gasteiger partial charge in [-0.15, -0.1) is 28.8 Å². The molecule has 0 spiro atoms. The Morgan fingerprint density at radius 1 is 1.21 bits per heavy atom. The predicted octanol–water partition coefficient (Wildman–Crippen LogP) is 1.30. The number of nitrogens with one attached hydrogen (secondary N) is 1. The van der Waals surface area contributed by atoms with Crippen molar-refractivity contribution in [2.75, 3.05) is 0 Å². The van der Waals surface area contributed by atoms with Crippen LogP contribution in [-0.2, 0) is 33.5 Å². The van der Waals surface area contributed by atoms with Crippen LogP contribution in [0.25, 0.3) is 22.0 Å². The van der Waals surface area contributed by atoms with E-state index in [-0.39, 0.29) is 84.5 Å². The van der Waals surface area contributed by atoms with Gasteiger partial charge in [0.25, 0.3) is 5.91 Å². The molecule has 0 saturated carbocycles. The van der Waals surface area contributed by atoms with Crippen molar-refractivity contribution in [3.05, 3.63) is 89.1 Å².